The fourth-order valence-corrected chi connectivity index (χ4v) is 3.00. The first-order valence-electron chi connectivity index (χ1n) is 6.91. The monoisotopic (exact) mass is 324 g/mol. The molecule has 0 radical (unpaired) electrons. The van der Waals surface area contributed by atoms with E-state index in [9.17, 15) is 4.79 Å². The van der Waals surface area contributed by atoms with E-state index in [1.807, 2.05) is 29.2 Å². The van der Waals surface area contributed by atoms with Crippen LogP contribution in [-0.2, 0) is 6.42 Å². The van der Waals surface area contributed by atoms with Crippen molar-refractivity contribution in [3.63, 3.8) is 0 Å². The molecule has 0 atom stereocenters. The first-order valence-corrected chi connectivity index (χ1v) is 8.04. The van der Waals surface area contributed by atoms with E-state index in [1.54, 1.807) is 0 Å². The van der Waals surface area contributed by atoms with Gasteiger partial charge in [-0.25, -0.2) is 0 Å². The number of hydrogen-bond donors (Lipinski definition) is 0. The molecule has 3 nitrogen and oxygen atoms in total. The molecule has 0 aromatic heterocycles. The first kappa shape index (κ1) is 14.5. The molecule has 19 heavy (non-hydrogen) atoms. The Morgan fingerprint density at radius 2 is 1.89 bits per heavy atom. The molecule has 0 unspecified atom stereocenters. The van der Waals surface area contributed by atoms with Crippen molar-refractivity contribution in [1.29, 1.82) is 0 Å². The van der Waals surface area contributed by atoms with Gasteiger partial charge in [-0.1, -0.05) is 41.1 Å². The second-order valence-corrected chi connectivity index (χ2v) is 5.63. The Balaban J connectivity index is 2.01. The molecule has 1 aromatic rings. The molecule has 0 spiro atoms. The normalized spacial score (nSPS) is 16.6. The Kier molecular flexibility index (Phi) is 5.40. The van der Waals surface area contributed by atoms with E-state index in [0.717, 1.165) is 55.6 Å². The van der Waals surface area contributed by atoms with Crippen LogP contribution in [0.5, 0.6) is 0 Å². The van der Waals surface area contributed by atoms with Crippen LogP contribution in [-0.4, -0.2) is 53.8 Å². The minimum atomic E-state index is 0.191. The topological polar surface area (TPSA) is 23.6 Å². The van der Waals surface area contributed by atoms with Gasteiger partial charge in [0.15, 0.2) is 0 Å². The van der Waals surface area contributed by atoms with Crippen LogP contribution in [0.25, 0.3) is 0 Å². The smallest absolute Gasteiger partial charge is 0.254 e. The quantitative estimate of drug-likeness (QED) is 0.794. The van der Waals surface area contributed by atoms with Crippen LogP contribution in [0, 0.1) is 0 Å². The third-order valence-corrected chi connectivity index (χ3v) is 4.04. The van der Waals surface area contributed by atoms with Crippen LogP contribution in [0.4, 0.5) is 0 Å². The minimum absolute atomic E-state index is 0.191. The summed E-state index contributed by atoms with van der Waals surface area (Å²) in [6, 6.07) is 7.96. The van der Waals surface area contributed by atoms with Gasteiger partial charge in [0.25, 0.3) is 5.91 Å². The predicted molar refractivity (Wildman–Crippen MR) is 82.0 cm³/mol. The number of alkyl halides is 1. The second-order valence-electron chi connectivity index (χ2n) is 4.83. The summed E-state index contributed by atoms with van der Waals surface area (Å²) in [5.74, 6) is 0.191. The molecule has 2 rings (SSSR count). The van der Waals surface area contributed by atoms with Crippen LogP contribution in [0.15, 0.2) is 24.3 Å². The van der Waals surface area contributed by atoms with Crippen molar-refractivity contribution in [2.24, 2.45) is 0 Å². The summed E-state index contributed by atoms with van der Waals surface area (Å²) in [5.41, 5.74) is 2.02. The van der Waals surface area contributed by atoms with E-state index < -0.39 is 0 Å². The van der Waals surface area contributed by atoms with Gasteiger partial charge in [-0.15, -0.1) is 0 Å². The lowest BCUT2D eigenvalue weighted by molar-refractivity contribution is 0.0644. The van der Waals surface area contributed by atoms with E-state index in [1.165, 1.54) is 0 Å². The predicted octanol–water partition coefficient (Wildman–Crippen LogP) is 2.40. The Morgan fingerprint density at radius 3 is 2.53 bits per heavy atom. The molecule has 1 aliphatic heterocycles. The second kappa shape index (κ2) is 7.06. The number of nitrogens with zero attached hydrogens (tertiary/aromatic N) is 2. The number of carbonyl (C=O) groups is 1. The number of piperazine rings is 1. The van der Waals surface area contributed by atoms with Crippen LogP contribution >= 0.6 is 15.9 Å². The van der Waals surface area contributed by atoms with Crippen molar-refractivity contribution >= 4 is 21.8 Å². The van der Waals surface area contributed by atoms with Gasteiger partial charge in [0, 0.05) is 43.6 Å². The average molecular weight is 325 g/mol. The van der Waals surface area contributed by atoms with Crippen molar-refractivity contribution < 1.29 is 4.79 Å². The number of halogens is 1. The third kappa shape index (κ3) is 3.57. The summed E-state index contributed by atoms with van der Waals surface area (Å²) in [5, 5.41) is 1.000. The number of carbonyl (C=O) groups excluding carboxylic acids is 1. The lowest BCUT2D eigenvalue weighted by Crippen LogP contribution is -2.49. The average Bonchev–Trinajstić information content (AvgIpc) is 2.47. The maximum atomic E-state index is 12.5. The van der Waals surface area contributed by atoms with E-state index in [-0.39, 0.29) is 5.91 Å². The van der Waals surface area contributed by atoms with Crippen molar-refractivity contribution in [2.75, 3.05) is 38.1 Å². The molecule has 104 valence electrons. The van der Waals surface area contributed by atoms with Gasteiger partial charge in [0.1, 0.15) is 0 Å². The summed E-state index contributed by atoms with van der Waals surface area (Å²) in [4.78, 5) is 16.9. The molecule has 0 N–H and O–H groups in total. The van der Waals surface area contributed by atoms with Crippen LogP contribution < -0.4 is 0 Å². The third-order valence-electron chi connectivity index (χ3n) is 3.69. The van der Waals surface area contributed by atoms with E-state index in [2.05, 4.69) is 27.8 Å². The van der Waals surface area contributed by atoms with Crippen molar-refractivity contribution in [1.82, 2.24) is 9.80 Å². The van der Waals surface area contributed by atoms with Gasteiger partial charge < -0.3 is 4.90 Å². The van der Waals surface area contributed by atoms with Gasteiger partial charge >= 0.3 is 0 Å². The summed E-state index contributed by atoms with van der Waals surface area (Å²) in [6.07, 6.45) is 0.908. The van der Waals surface area contributed by atoms with Crippen LogP contribution in [0.1, 0.15) is 22.8 Å². The minimum Gasteiger partial charge on any atom is -0.336 e. The van der Waals surface area contributed by atoms with Crippen molar-refractivity contribution in [3.05, 3.63) is 35.4 Å². The Morgan fingerprint density at radius 1 is 1.21 bits per heavy atom. The fraction of sp³-hybridized carbons (Fsp3) is 0.533. The number of hydrogen-bond acceptors (Lipinski definition) is 2. The van der Waals surface area contributed by atoms with Gasteiger partial charge in [-0.05, 0) is 18.1 Å². The number of benzene rings is 1. The van der Waals surface area contributed by atoms with Gasteiger partial charge in [-0.2, -0.15) is 0 Å². The molecule has 1 aromatic carbocycles. The van der Waals surface area contributed by atoms with E-state index in [4.69, 9.17) is 0 Å². The van der Waals surface area contributed by atoms with Gasteiger partial charge in [0.2, 0.25) is 0 Å². The van der Waals surface area contributed by atoms with Crippen molar-refractivity contribution in [3.8, 4) is 0 Å². The SMILES string of the molecule is CCc1ccccc1C(=O)N1CCN(CCBr)CC1. The maximum Gasteiger partial charge on any atom is 0.254 e. The molecule has 0 bridgehead atoms. The standard InChI is InChI=1S/C15H21BrN2O/c1-2-13-5-3-4-6-14(13)15(19)18-11-9-17(8-7-16)10-12-18/h3-6H,2,7-12H2,1H3. The molecule has 1 fully saturated rings. The highest BCUT2D eigenvalue weighted by Gasteiger charge is 2.22. The Bertz CT molecular complexity index is 428. The van der Waals surface area contributed by atoms with E-state index >= 15 is 0 Å². The zero-order valence-corrected chi connectivity index (χ0v) is 13.0. The summed E-state index contributed by atoms with van der Waals surface area (Å²) < 4.78 is 0. The van der Waals surface area contributed by atoms with Gasteiger partial charge in [0.05, 0.1) is 0 Å². The highest BCUT2D eigenvalue weighted by Crippen LogP contribution is 2.14. The maximum absolute atomic E-state index is 12.5. The number of amides is 1. The lowest BCUT2D eigenvalue weighted by atomic mass is 10.0. The molecule has 0 saturated carbocycles. The molecule has 1 amide bonds. The van der Waals surface area contributed by atoms with E-state index in [0.29, 0.717) is 0 Å². The summed E-state index contributed by atoms with van der Waals surface area (Å²) in [7, 11) is 0. The zero-order chi connectivity index (χ0) is 13.7. The lowest BCUT2D eigenvalue weighted by Gasteiger charge is -2.34. The number of rotatable bonds is 4. The highest BCUT2D eigenvalue weighted by atomic mass is 79.9. The molecule has 1 saturated heterocycles. The summed E-state index contributed by atoms with van der Waals surface area (Å²) >= 11 is 3.46. The molecule has 1 aliphatic rings. The Hall–Kier alpha value is -0.870. The molecular formula is C15H21BrN2O. The fourth-order valence-electron chi connectivity index (χ4n) is 2.50. The highest BCUT2D eigenvalue weighted by molar-refractivity contribution is 9.09. The van der Waals surface area contributed by atoms with Gasteiger partial charge in [-0.3, -0.25) is 9.69 Å². The summed E-state index contributed by atoms with van der Waals surface area (Å²) in [6.45, 7) is 6.79. The van der Waals surface area contributed by atoms with Crippen LogP contribution in [0.2, 0.25) is 0 Å². The van der Waals surface area contributed by atoms with Crippen LogP contribution in [0.3, 0.4) is 0 Å². The largest absolute Gasteiger partial charge is 0.336 e. The molecule has 4 heteroatoms. The molecule has 1 heterocycles. The molecular weight excluding hydrogens is 304 g/mol. The first-order chi connectivity index (χ1) is 9.26. The van der Waals surface area contributed by atoms with Crippen molar-refractivity contribution in [2.45, 2.75) is 13.3 Å². The Labute approximate surface area is 123 Å². The zero-order valence-electron chi connectivity index (χ0n) is 11.4. The number of aryl methyl sites for hydroxylation is 1. The molecule has 0 aliphatic carbocycles.